The van der Waals surface area contributed by atoms with Crippen LogP contribution in [-0.4, -0.2) is 11.7 Å². The molecular formula is C15H16BrNO. The average molecular weight is 306 g/mol. The molecule has 0 aromatic heterocycles. The first-order valence-electron chi connectivity index (χ1n) is 5.90. The van der Waals surface area contributed by atoms with Crippen LogP contribution in [0.4, 0.5) is 5.69 Å². The summed E-state index contributed by atoms with van der Waals surface area (Å²) in [6.45, 7) is 2.55. The van der Waals surface area contributed by atoms with Crippen molar-refractivity contribution in [3.05, 3.63) is 64.1 Å². The number of halogens is 1. The van der Waals surface area contributed by atoms with E-state index in [4.69, 9.17) is 0 Å². The third kappa shape index (κ3) is 3.34. The maximum Gasteiger partial charge on any atom is 0.0962 e. The van der Waals surface area contributed by atoms with Gasteiger partial charge in [0.25, 0.3) is 0 Å². The number of aliphatic hydroxyl groups is 1. The van der Waals surface area contributed by atoms with Crippen molar-refractivity contribution in [2.75, 3.05) is 11.9 Å². The van der Waals surface area contributed by atoms with Crippen LogP contribution < -0.4 is 5.32 Å². The maximum absolute atomic E-state index is 10.1. The monoisotopic (exact) mass is 305 g/mol. The molecule has 0 saturated carbocycles. The molecule has 0 radical (unpaired) electrons. The van der Waals surface area contributed by atoms with Crippen molar-refractivity contribution < 1.29 is 5.11 Å². The van der Waals surface area contributed by atoms with E-state index in [1.807, 2.05) is 55.5 Å². The largest absolute Gasteiger partial charge is 0.387 e. The van der Waals surface area contributed by atoms with Gasteiger partial charge in [0.05, 0.1) is 6.10 Å². The molecule has 0 fully saturated rings. The van der Waals surface area contributed by atoms with Crippen molar-refractivity contribution in [2.45, 2.75) is 13.0 Å². The van der Waals surface area contributed by atoms with E-state index in [0.29, 0.717) is 6.54 Å². The predicted molar refractivity (Wildman–Crippen MR) is 78.8 cm³/mol. The lowest BCUT2D eigenvalue weighted by Crippen LogP contribution is -2.12. The van der Waals surface area contributed by atoms with Gasteiger partial charge in [0.15, 0.2) is 0 Å². The van der Waals surface area contributed by atoms with Gasteiger partial charge in [-0.05, 0) is 30.2 Å². The summed E-state index contributed by atoms with van der Waals surface area (Å²) < 4.78 is 1.03. The number of hydrogen-bond donors (Lipinski definition) is 2. The van der Waals surface area contributed by atoms with Crippen molar-refractivity contribution in [2.24, 2.45) is 0 Å². The lowest BCUT2D eigenvalue weighted by molar-refractivity contribution is 0.191. The van der Waals surface area contributed by atoms with E-state index in [-0.39, 0.29) is 0 Å². The molecule has 0 aliphatic carbocycles. The van der Waals surface area contributed by atoms with E-state index in [9.17, 15) is 5.11 Å². The molecule has 3 heteroatoms. The van der Waals surface area contributed by atoms with Gasteiger partial charge in [0, 0.05) is 16.7 Å². The molecule has 2 nitrogen and oxygen atoms in total. The zero-order chi connectivity index (χ0) is 13.0. The number of hydrogen-bond acceptors (Lipinski definition) is 2. The van der Waals surface area contributed by atoms with Crippen LogP contribution in [0.2, 0.25) is 0 Å². The molecule has 0 aliphatic rings. The second-order valence-corrected chi connectivity index (χ2v) is 5.18. The quantitative estimate of drug-likeness (QED) is 0.898. The Morgan fingerprint density at radius 2 is 1.89 bits per heavy atom. The predicted octanol–water partition coefficient (Wildman–Crippen LogP) is 3.90. The molecule has 2 N–H and O–H groups in total. The fourth-order valence-electron chi connectivity index (χ4n) is 1.78. The Bertz CT molecular complexity index is 513. The summed E-state index contributed by atoms with van der Waals surface area (Å²) in [5.74, 6) is 0. The Kier molecular flexibility index (Phi) is 4.39. The number of rotatable bonds is 4. The van der Waals surface area contributed by atoms with Gasteiger partial charge in [-0.1, -0.05) is 52.3 Å². The Morgan fingerprint density at radius 3 is 2.61 bits per heavy atom. The summed E-state index contributed by atoms with van der Waals surface area (Å²) in [7, 11) is 0. The minimum Gasteiger partial charge on any atom is -0.387 e. The van der Waals surface area contributed by atoms with Crippen LogP contribution in [-0.2, 0) is 0 Å². The second-order valence-electron chi connectivity index (χ2n) is 4.27. The van der Waals surface area contributed by atoms with E-state index >= 15 is 0 Å². The molecule has 2 rings (SSSR count). The lowest BCUT2D eigenvalue weighted by Gasteiger charge is -2.15. The third-order valence-corrected chi connectivity index (χ3v) is 3.36. The molecule has 0 bridgehead atoms. The highest BCUT2D eigenvalue weighted by molar-refractivity contribution is 9.10. The standard InChI is InChI=1S/C15H16BrNO/c1-11-7-8-13(16)9-14(11)17-10-15(18)12-5-3-2-4-6-12/h2-9,15,17-18H,10H2,1H3. The van der Waals surface area contributed by atoms with Crippen molar-refractivity contribution in [1.29, 1.82) is 0 Å². The highest BCUT2D eigenvalue weighted by Crippen LogP contribution is 2.21. The Labute approximate surface area is 116 Å². The lowest BCUT2D eigenvalue weighted by atomic mass is 10.1. The van der Waals surface area contributed by atoms with E-state index in [0.717, 1.165) is 15.7 Å². The second kappa shape index (κ2) is 6.03. The van der Waals surface area contributed by atoms with E-state index < -0.39 is 6.10 Å². The van der Waals surface area contributed by atoms with Crippen molar-refractivity contribution in [1.82, 2.24) is 0 Å². The number of nitrogens with one attached hydrogen (secondary N) is 1. The summed E-state index contributed by atoms with van der Waals surface area (Å²) in [5.41, 5.74) is 3.13. The average Bonchev–Trinajstić information content (AvgIpc) is 2.40. The van der Waals surface area contributed by atoms with Gasteiger partial charge < -0.3 is 10.4 Å². The molecule has 0 spiro atoms. The number of anilines is 1. The van der Waals surface area contributed by atoms with Gasteiger partial charge in [-0.25, -0.2) is 0 Å². The summed E-state index contributed by atoms with van der Waals surface area (Å²) in [4.78, 5) is 0. The van der Waals surface area contributed by atoms with Crippen LogP contribution in [0, 0.1) is 6.92 Å². The van der Waals surface area contributed by atoms with Crippen LogP contribution in [0.5, 0.6) is 0 Å². The zero-order valence-electron chi connectivity index (χ0n) is 10.2. The van der Waals surface area contributed by atoms with E-state index in [2.05, 4.69) is 21.2 Å². The Hall–Kier alpha value is -1.32. The van der Waals surface area contributed by atoms with Gasteiger partial charge in [-0.2, -0.15) is 0 Å². The van der Waals surface area contributed by atoms with Crippen LogP contribution in [0.3, 0.4) is 0 Å². The van der Waals surface area contributed by atoms with E-state index in [1.165, 1.54) is 5.56 Å². The third-order valence-electron chi connectivity index (χ3n) is 2.87. The Balaban J connectivity index is 2.01. The van der Waals surface area contributed by atoms with Crippen LogP contribution in [0.15, 0.2) is 53.0 Å². The normalized spacial score (nSPS) is 12.2. The van der Waals surface area contributed by atoms with Gasteiger partial charge in [0.2, 0.25) is 0 Å². The minimum atomic E-state index is -0.496. The summed E-state index contributed by atoms with van der Waals surface area (Å²) in [6.07, 6.45) is -0.496. The zero-order valence-corrected chi connectivity index (χ0v) is 11.8. The molecule has 0 aliphatic heterocycles. The molecule has 0 saturated heterocycles. The van der Waals surface area contributed by atoms with Crippen LogP contribution >= 0.6 is 15.9 Å². The van der Waals surface area contributed by atoms with Gasteiger partial charge in [-0.15, -0.1) is 0 Å². The summed E-state index contributed by atoms with van der Waals surface area (Å²) >= 11 is 3.45. The molecule has 0 heterocycles. The maximum atomic E-state index is 10.1. The minimum absolute atomic E-state index is 0.496. The van der Waals surface area contributed by atoms with Crippen molar-refractivity contribution in [3.8, 4) is 0 Å². The van der Waals surface area contributed by atoms with Crippen LogP contribution in [0.1, 0.15) is 17.2 Å². The number of aliphatic hydroxyl groups excluding tert-OH is 1. The molecular weight excluding hydrogens is 290 g/mol. The SMILES string of the molecule is Cc1ccc(Br)cc1NCC(O)c1ccccc1. The molecule has 18 heavy (non-hydrogen) atoms. The van der Waals surface area contributed by atoms with Crippen LogP contribution in [0.25, 0.3) is 0 Å². The molecule has 94 valence electrons. The molecule has 1 atom stereocenters. The molecule has 1 unspecified atom stereocenters. The summed E-state index contributed by atoms with van der Waals surface area (Å²) in [5, 5.41) is 13.3. The highest BCUT2D eigenvalue weighted by atomic mass is 79.9. The highest BCUT2D eigenvalue weighted by Gasteiger charge is 2.07. The first kappa shape index (κ1) is 13.1. The molecule has 2 aromatic rings. The first-order chi connectivity index (χ1) is 8.66. The van der Waals surface area contributed by atoms with E-state index in [1.54, 1.807) is 0 Å². The van der Waals surface area contributed by atoms with Crippen molar-refractivity contribution in [3.63, 3.8) is 0 Å². The number of aryl methyl sites for hydroxylation is 1. The van der Waals surface area contributed by atoms with Gasteiger partial charge in [0.1, 0.15) is 0 Å². The molecule has 0 amide bonds. The first-order valence-corrected chi connectivity index (χ1v) is 6.69. The summed E-state index contributed by atoms with van der Waals surface area (Å²) in [6, 6.07) is 15.7. The Morgan fingerprint density at radius 1 is 1.17 bits per heavy atom. The fraction of sp³-hybridized carbons (Fsp3) is 0.200. The van der Waals surface area contributed by atoms with Crippen molar-refractivity contribution >= 4 is 21.6 Å². The smallest absolute Gasteiger partial charge is 0.0962 e. The van der Waals surface area contributed by atoms with Gasteiger partial charge in [-0.3, -0.25) is 0 Å². The fourth-order valence-corrected chi connectivity index (χ4v) is 2.15. The topological polar surface area (TPSA) is 32.3 Å². The van der Waals surface area contributed by atoms with Gasteiger partial charge >= 0.3 is 0 Å². The number of benzene rings is 2. The molecule has 2 aromatic carbocycles.